The van der Waals surface area contributed by atoms with Crippen LogP contribution in [-0.2, 0) is 9.59 Å². The Hall–Kier alpha value is -2.52. The molecule has 0 aliphatic carbocycles. The molecule has 194 valence electrons. The zero-order valence-electron chi connectivity index (χ0n) is 19.5. The van der Waals surface area contributed by atoms with Gasteiger partial charge >= 0.3 is 11.8 Å². The van der Waals surface area contributed by atoms with Gasteiger partial charge in [0.25, 0.3) is 0 Å². The summed E-state index contributed by atoms with van der Waals surface area (Å²) in [7, 11) is 0. The third-order valence-corrected chi connectivity index (χ3v) is 5.58. The third-order valence-electron chi connectivity index (χ3n) is 4.90. The summed E-state index contributed by atoms with van der Waals surface area (Å²) in [5.41, 5.74) is 7.79. The van der Waals surface area contributed by atoms with E-state index in [9.17, 15) is 9.59 Å². The number of hydrazone groups is 2. The van der Waals surface area contributed by atoms with Crippen LogP contribution >= 0.6 is 46.4 Å². The Labute approximate surface area is 231 Å². The monoisotopic (exact) mass is 572 g/mol. The molecule has 36 heavy (non-hydrogen) atoms. The molecule has 8 nitrogen and oxygen atoms in total. The van der Waals surface area contributed by atoms with Crippen LogP contribution in [0.4, 0.5) is 11.4 Å². The van der Waals surface area contributed by atoms with Crippen molar-refractivity contribution < 1.29 is 9.59 Å². The van der Waals surface area contributed by atoms with Crippen molar-refractivity contribution >= 4 is 82.0 Å². The summed E-state index contributed by atoms with van der Waals surface area (Å²) in [6, 6.07) is 15.0. The van der Waals surface area contributed by atoms with E-state index in [0.717, 1.165) is 22.5 Å². The van der Waals surface area contributed by atoms with E-state index in [4.69, 9.17) is 46.4 Å². The second kappa shape index (κ2) is 17.0. The number of hydrogen-bond donors (Lipinski definition) is 2. The van der Waals surface area contributed by atoms with Crippen LogP contribution in [0.3, 0.4) is 0 Å². The van der Waals surface area contributed by atoms with Crippen molar-refractivity contribution in [2.45, 2.75) is 0 Å². The lowest BCUT2D eigenvalue weighted by Crippen LogP contribution is -2.35. The van der Waals surface area contributed by atoms with Gasteiger partial charge in [0.1, 0.15) is 0 Å². The Morgan fingerprint density at radius 1 is 0.611 bits per heavy atom. The second-order valence-corrected chi connectivity index (χ2v) is 8.82. The van der Waals surface area contributed by atoms with E-state index in [2.05, 4.69) is 30.9 Å². The first-order chi connectivity index (χ1) is 17.5. The first-order valence-electron chi connectivity index (χ1n) is 11.1. The summed E-state index contributed by atoms with van der Waals surface area (Å²) in [5, 5.41) is 7.63. The summed E-state index contributed by atoms with van der Waals surface area (Å²) in [4.78, 5) is 28.0. The van der Waals surface area contributed by atoms with Crippen LogP contribution in [0.5, 0.6) is 0 Å². The molecule has 0 radical (unpaired) electrons. The number of anilines is 2. The molecule has 0 bridgehead atoms. The molecule has 2 N–H and O–H groups in total. The maximum Gasteiger partial charge on any atom is 0.331 e. The van der Waals surface area contributed by atoms with Crippen LogP contribution in [-0.4, -0.2) is 73.9 Å². The van der Waals surface area contributed by atoms with Gasteiger partial charge in [-0.2, -0.15) is 10.2 Å². The Bertz CT molecular complexity index is 909. The van der Waals surface area contributed by atoms with Gasteiger partial charge < -0.3 is 9.80 Å². The zero-order valence-corrected chi connectivity index (χ0v) is 22.6. The van der Waals surface area contributed by atoms with Crippen molar-refractivity contribution in [2.24, 2.45) is 10.2 Å². The summed E-state index contributed by atoms with van der Waals surface area (Å²) in [6.45, 7) is 2.73. The van der Waals surface area contributed by atoms with Gasteiger partial charge in [-0.25, -0.2) is 10.9 Å². The molecule has 0 aliphatic heterocycles. The van der Waals surface area contributed by atoms with E-state index in [-0.39, 0.29) is 0 Å². The van der Waals surface area contributed by atoms with Crippen LogP contribution in [0.2, 0.25) is 0 Å². The largest absolute Gasteiger partial charge is 0.369 e. The smallest absolute Gasteiger partial charge is 0.331 e. The third kappa shape index (κ3) is 10.2. The zero-order chi connectivity index (χ0) is 26.2. The van der Waals surface area contributed by atoms with E-state index in [1.165, 1.54) is 12.4 Å². The first kappa shape index (κ1) is 29.7. The van der Waals surface area contributed by atoms with Crippen molar-refractivity contribution in [3.8, 4) is 0 Å². The highest BCUT2D eigenvalue weighted by atomic mass is 35.5. The van der Waals surface area contributed by atoms with Gasteiger partial charge in [0.05, 0.1) is 12.4 Å². The molecule has 0 aliphatic rings. The molecule has 2 amide bonds. The minimum absolute atomic E-state index is 0.493. The van der Waals surface area contributed by atoms with Crippen LogP contribution < -0.4 is 20.7 Å². The van der Waals surface area contributed by atoms with Crippen LogP contribution in [0, 0.1) is 0 Å². The fourth-order valence-electron chi connectivity index (χ4n) is 3.12. The van der Waals surface area contributed by atoms with Gasteiger partial charge in [-0.05, 0) is 35.4 Å². The first-order valence-corrected chi connectivity index (χ1v) is 13.3. The van der Waals surface area contributed by atoms with Gasteiger partial charge in [-0.1, -0.05) is 24.3 Å². The summed E-state index contributed by atoms with van der Waals surface area (Å²) >= 11 is 23.4. The van der Waals surface area contributed by atoms with E-state index in [0.29, 0.717) is 49.7 Å². The van der Waals surface area contributed by atoms with Crippen molar-refractivity contribution in [1.29, 1.82) is 0 Å². The fraction of sp³-hybridized carbons (Fsp3) is 0.333. The molecule has 0 spiro atoms. The molecule has 0 aromatic heterocycles. The molecular formula is C24H28Cl4N6O2. The van der Waals surface area contributed by atoms with Crippen LogP contribution in [0.1, 0.15) is 11.1 Å². The molecule has 0 fully saturated rings. The van der Waals surface area contributed by atoms with Crippen molar-refractivity contribution in [1.82, 2.24) is 10.9 Å². The van der Waals surface area contributed by atoms with Crippen LogP contribution in [0.15, 0.2) is 58.7 Å². The van der Waals surface area contributed by atoms with Gasteiger partial charge in [0.2, 0.25) is 0 Å². The number of rotatable bonds is 14. The predicted molar refractivity (Wildman–Crippen MR) is 152 cm³/mol. The van der Waals surface area contributed by atoms with Crippen molar-refractivity contribution in [2.75, 3.05) is 59.5 Å². The number of nitrogens with zero attached hydrogens (tertiary/aromatic N) is 4. The standard InChI is InChI=1S/C24H28Cl4N6O2/c25-9-13-33(14-10-26)21-5-1-19(2-6-21)17-29-31-23(35)24(36)32-30-18-20-3-7-22(8-4-20)34(15-11-27)16-12-28/h1-8,17-18H,9-16H2,(H,31,35)(H,32,36)/b29-17-,30-18-. The lowest BCUT2D eigenvalue weighted by molar-refractivity contribution is -0.139. The molecular weight excluding hydrogens is 546 g/mol. The average molecular weight is 574 g/mol. The number of carbonyl (C=O) groups is 2. The number of alkyl halides is 4. The Morgan fingerprint density at radius 3 is 1.19 bits per heavy atom. The molecule has 0 saturated heterocycles. The molecule has 0 atom stereocenters. The Morgan fingerprint density at radius 2 is 0.917 bits per heavy atom. The highest BCUT2D eigenvalue weighted by molar-refractivity contribution is 6.35. The topological polar surface area (TPSA) is 89.4 Å². The highest BCUT2D eigenvalue weighted by Gasteiger charge is 2.11. The number of amides is 2. The van der Waals surface area contributed by atoms with E-state index in [1.807, 2.05) is 48.5 Å². The number of hydrogen-bond acceptors (Lipinski definition) is 6. The highest BCUT2D eigenvalue weighted by Crippen LogP contribution is 2.16. The van der Waals surface area contributed by atoms with E-state index < -0.39 is 11.8 Å². The number of carbonyl (C=O) groups excluding carboxylic acids is 2. The molecule has 0 unspecified atom stereocenters. The summed E-state index contributed by atoms with van der Waals surface area (Å²) in [5.74, 6) is 0.0911. The average Bonchev–Trinajstić information content (AvgIpc) is 2.89. The predicted octanol–water partition coefficient (Wildman–Crippen LogP) is 3.86. The molecule has 2 rings (SSSR count). The maximum atomic E-state index is 11.9. The van der Waals surface area contributed by atoms with Crippen molar-refractivity contribution in [3.63, 3.8) is 0 Å². The van der Waals surface area contributed by atoms with E-state index >= 15 is 0 Å². The van der Waals surface area contributed by atoms with Gasteiger partial charge in [0.15, 0.2) is 0 Å². The van der Waals surface area contributed by atoms with Crippen LogP contribution in [0.25, 0.3) is 0 Å². The summed E-state index contributed by atoms with van der Waals surface area (Å²) in [6.07, 6.45) is 2.87. The van der Waals surface area contributed by atoms with Gasteiger partial charge in [0, 0.05) is 61.1 Å². The number of halogens is 4. The second-order valence-electron chi connectivity index (χ2n) is 7.31. The van der Waals surface area contributed by atoms with Crippen molar-refractivity contribution in [3.05, 3.63) is 59.7 Å². The lowest BCUT2D eigenvalue weighted by atomic mass is 10.2. The lowest BCUT2D eigenvalue weighted by Gasteiger charge is -2.22. The SMILES string of the molecule is O=C(N/N=C\c1ccc(N(CCCl)CCCl)cc1)C(=O)N/N=C\c1ccc(N(CCCl)CCCl)cc1. The molecule has 0 heterocycles. The normalized spacial score (nSPS) is 11.1. The maximum absolute atomic E-state index is 11.9. The number of benzene rings is 2. The number of nitrogens with one attached hydrogen (secondary N) is 2. The Kier molecular flexibility index (Phi) is 14.1. The fourth-order valence-corrected chi connectivity index (χ4v) is 3.94. The summed E-state index contributed by atoms with van der Waals surface area (Å²) < 4.78 is 0. The minimum Gasteiger partial charge on any atom is -0.369 e. The van der Waals surface area contributed by atoms with E-state index in [1.54, 1.807) is 0 Å². The molecule has 2 aromatic carbocycles. The van der Waals surface area contributed by atoms with Gasteiger partial charge in [-0.3, -0.25) is 9.59 Å². The Balaban J connectivity index is 1.83. The molecule has 12 heteroatoms. The molecule has 0 saturated carbocycles. The minimum atomic E-state index is -0.941. The molecule has 2 aromatic rings. The quantitative estimate of drug-likeness (QED) is 0.155. The van der Waals surface area contributed by atoms with Gasteiger partial charge in [-0.15, -0.1) is 46.4 Å².